The monoisotopic (exact) mass is 197 g/mol. The van der Waals surface area contributed by atoms with E-state index in [0.29, 0.717) is 6.61 Å². The summed E-state index contributed by atoms with van der Waals surface area (Å²) in [5.41, 5.74) is -0.314. The van der Waals surface area contributed by atoms with Crippen molar-refractivity contribution in [1.29, 1.82) is 5.26 Å². The van der Waals surface area contributed by atoms with Gasteiger partial charge in [0.25, 0.3) is 0 Å². The van der Waals surface area contributed by atoms with Crippen LogP contribution in [0.2, 0.25) is 0 Å². The first-order valence-electron chi connectivity index (χ1n) is 5.06. The van der Waals surface area contributed by atoms with Gasteiger partial charge in [0.1, 0.15) is 5.54 Å². The SMILES string of the molecule is COCCNC1(C#N)CCN(C)CC1. The van der Waals surface area contributed by atoms with Gasteiger partial charge in [0.2, 0.25) is 0 Å². The molecule has 14 heavy (non-hydrogen) atoms. The fraction of sp³-hybridized carbons (Fsp3) is 0.900. The van der Waals surface area contributed by atoms with Crippen LogP contribution in [0.15, 0.2) is 0 Å². The third kappa shape index (κ3) is 2.95. The van der Waals surface area contributed by atoms with Crippen molar-refractivity contribution in [2.24, 2.45) is 0 Å². The van der Waals surface area contributed by atoms with Crippen LogP contribution in [0.3, 0.4) is 0 Å². The summed E-state index contributed by atoms with van der Waals surface area (Å²) in [4.78, 5) is 2.26. The molecule has 1 heterocycles. The summed E-state index contributed by atoms with van der Waals surface area (Å²) in [5.74, 6) is 0. The van der Waals surface area contributed by atoms with E-state index in [9.17, 15) is 0 Å². The molecule has 0 aliphatic carbocycles. The molecule has 0 saturated carbocycles. The van der Waals surface area contributed by atoms with Crippen LogP contribution in [0.4, 0.5) is 0 Å². The van der Waals surface area contributed by atoms with Crippen molar-refractivity contribution in [3.05, 3.63) is 0 Å². The Morgan fingerprint density at radius 3 is 2.64 bits per heavy atom. The Balaban J connectivity index is 2.39. The van der Waals surface area contributed by atoms with Crippen molar-refractivity contribution in [2.45, 2.75) is 18.4 Å². The molecule has 0 bridgehead atoms. The van der Waals surface area contributed by atoms with Gasteiger partial charge in [-0.2, -0.15) is 5.26 Å². The van der Waals surface area contributed by atoms with E-state index in [0.717, 1.165) is 32.5 Å². The summed E-state index contributed by atoms with van der Waals surface area (Å²) in [6, 6.07) is 2.40. The van der Waals surface area contributed by atoms with E-state index < -0.39 is 0 Å². The molecule has 1 N–H and O–H groups in total. The fourth-order valence-corrected chi connectivity index (χ4v) is 1.72. The van der Waals surface area contributed by atoms with Crippen molar-refractivity contribution in [3.63, 3.8) is 0 Å². The van der Waals surface area contributed by atoms with Crippen molar-refractivity contribution < 1.29 is 4.74 Å². The first-order valence-corrected chi connectivity index (χ1v) is 5.06. The molecule has 0 aromatic rings. The van der Waals surface area contributed by atoms with Gasteiger partial charge < -0.3 is 9.64 Å². The topological polar surface area (TPSA) is 48.3 Å². The van der Waals surface area contributed by atoms with E-state index in [-0.39, 0.29) is 5.54 Å². The maximum absolute atomic E-state index is 9.16. The Bertz CT molecular complexity index is 204. The summed E-state index contributed by atoms with van der Waals surface area (Å²) in [7, 11) is 3.77. The summed E-state index contributed by atoms with van der Waals surface area (Å²) in [6.07, 6.45) is 1.81. The van der Waals surface area contributed by atoms with E-state index in [1.165, 1.54) is 0 Å². The lowest BCUT2D eigenvalue weighted by Crippen LogP contribution is -2.52. The molecule has 1 fully saturated rings. The smallest absolute Gasteiger partial charge is 0.109 e. The Kier molecular flexibility index (Phi) is 4.33. The molecule has 1 rings (SSSR count). The molecule has 0 unspecified atom stereocenters. The Morgan fingerprint density at radius 1 is 1.50 bits per heavy atom. The molecule has 1 aliphatic heterocycles. The van der Waals surface area contributed by atoms with Crippen LogP contribution in [0.5, 0.6) is 0 Å². The second kappa shape index (κ2) is 5.30. The van der Waals surface area contributed by atoms with E-state index in [4.69, 9.17) is 10.00 Å². The maximum atomic E-state index is 9.16. The lowest BCUT2D eigenvalue weighted by molar-refractivity contribution is 0.163. The van der Waals surface area contributed by atoms with Crippen LogP contribution in [-0.4, -0.2) is 50.8 Å². The molecule has 0 atom stereocenters. The summed E-state index contributed by atoms with van der Waals surface area (Å²) >= 11 is 0. The highest BCUT2D eigenvalue weighted by molar-refractivity contribution is 5.09. The van der Waals surface area contributed by atoms with E-state index >= 15 is 0 Å². The Morgan fingerprint density at radius 2 is 2.14 bits per heavy atom. The Labute approximate surface area is 85.8 Å². The predicted octanol–water partition coefficient (Wildman–Crippen LogP) is 0.210. The number of methoxy groups -OCH3 is 1. The van der Waals surface area contributed by atoms with Crippen molar-refractivity contribution >= 4 is 0 Å². The highest BCUT2D eigenvalue weighted by atomic mass is 16.5. The normalized spacial score (nSPS) is 21.8. The van der Waals surface area contributed by atoms with Gasteiger partial charge in [-0.1, -0.05) is 0 Å². The van der Waals surface area contributed by atoms with Crippen molar-refractivity contribution in [2.75, 3.05) is 40.4 Å². The molecule has 1 aliphatic rings. The van der Waals surface area contributed by atoms with E-state index in [2.05, 4.69) is 23.3 Å². The molecule has 0 amide bonds. The number of piperidine rings is 1. The van der Waals surface area contributed by atoms with Crippen LogP contribution < -0.4 is 5.32 Å². The summed E-state index contributed by atoms with van der Waals surface area (Å²) in [6.45, 7) is 3.41. The minimum absolute atomic E-state index is 0.314. The number of nitriles is 1. The van der Waals surface area contributed by atoms with Gasteiger partial charge in [-0.15, -0.1) is 0 Å². The minimum atomic E-state index is -0.314. The number of hydrogen-bond acceptors (Lipinski definition) is 4. The van der Waals surface area contributed by atoms with Crippen LogP contribution in [0.25, 0.3) is 0 Å². The molecular weight excluding hydrogens is 178 g/mol. The molecule has 0 aromatic carbocycles. The average molecular weight is 197 g/mol. The number of likely N-dealkylation sites (tertiary alicyclic amines) is 1. The van der Waals surface area contributed by atoms with Gasteiger partial charge in [-0.25, -0.2) is 0 Å². The first-order chi connectivity index (χ1) is 6.72. The zero-order valence-electron chi connectivity index (χ0n) is 9.05. The van der Waals surface area contributed by atoms with Gasteiger partial charge >= 0.3 is 0 Å². The highest BCUT2D eigenvalue weighted by Gasteiger charge is 2.32. The molecule has 0 radical (unpaired) electrons. The zero-order chi connectivity index (χ0) is 10.4. The highest BCUT2D eigenvalue weighted by Crippen LogP contribution is 2.20. The second-order valence-electron chi connectivity index (χ2n) is 3.92. The molecule has 0 spiro atoms. The lowest BCUT2D eigenvalue weighted by Gasteiger charge is -2.36. The molecule has 0 aromatic heterocycles. The molecule has 4 nitrogen and oxygen atoms in total. The number of ether oxygens (including phenoxy) is 1. The molecule has 1 saturated heterocycles. The summed E-state index contributed by atoms with van der Waals surface area (Å²) < 4.78 is 4.96. The molecular formula is C10H19N3O. The fourth-order valence-electron chi connectivity index (χ4n) is 1.72. The summed E-state index contributed by atoms with van der Waals surface area (Å²) in [5, 5.41) is 12.4. The number of nitrogens with one attached hydrogen (secondary N) is 1. The van der Waals surface area contributed by atoms with Gasteiger partial charge in [0.15, 0.2) is 0 Å². The average Bonchev–Trinajstić information content (AvgIpc) is 2.22. The van der Waals surface area contributed by atoms with Gasteiger partial charge in [0.05, 0.1) is 12.7 Å². The Hall–Kier alpha value is -0.630. The largest absolute Gasteiger partial charge is 0.383 e. The van der Waals surface area contributed by atoms with Crippen LogP contribution >= 0.6 is 0 Å². The van der Waals surface area contributed by atoms with E-state index in [1.807, 2.05) is 0 Å². The third-order valence-corrected chi connectivity index (χ3v) is 2.82. The van der Waals surface area contributed by atoms with Gasteiger partial charge in [-0.3, -0.25) is 5.32 Å². The number of rotatable bonds is 4. The predicted molar refractivity (Wildman–Crippen MR) is 55.0 cm³/mol. The number of hydrogen-bond donors (Lipinski definition) is 1. The van der Waals surface area contributed by atoms with Crippen LogP contribution in [0.1, 0.15) is 12.8 Å². The van der Waals surface area contributed by atoms with Gasteiger partial charge in [-0.05, 0) is 19.9 Å². The second-order valence-corrected chi connectivity index (χ2v) is 3.92. The van der Waals surface area contributed by atoms with Crippen LogP contribution in [-0.2, 0) is 4.74 Å². The maximum Gasteiger partial charge on any atom is 0.109 e. The van der Waals surface area contributed by atoms with E-state index in [1.54, 1.807) is 7.11 Å². The molecule has 4 heteroatoms. The van der Waals surface area contributed by atoms with Crippen molar-refractivity contribution in [1.82, 2.24) is 10.2 Å². The number of nitrogens with zero attached hydrogens (tertiary/aromatic N) is 2. The molecule has 80 valence electrons. The van der Waals surface area contributed by atoms with Crippen LogP contribution in [0, 0.1) is 11.3 Å². The third-order valence-electron chi connectivity index (χ3n) is 2.82. The van der Waals surface area contributed by atoms with Gasteiger partial charge in [0, 0.05) is 26.7 Å². The lowest BCUT2D eigenvalue weighted by atomic mass is 9.89. The van der Waals surface area contributed by atoms with Crippen molar-refractivity contribution in [3.8, 4) is 6.07 Å². The first kappa shape index (κ1) is 11.4. The standard InChI is InChI=1S/C10H19N3O/c1-13-6-3-10(9-11,4-7-13)12-5-8-14-2/h12H,3-8H2,1-2H3. The zero-order valence-corrected chi connectivity index (χ0v) is 9.05. The quantitative estimate of drug-likeness (QED) is 0.655. The minimum Gasteiger partial charge on any atom is -0.383 e.